The van der Waals surface area contributed by atoms with Crippen LogP contribution in [0.1, 0.15) is 24.8 Å². The van der Waals surface area contributed by atoms with E-state index in [-0.39, 0.29) is 24.1 Å². The number of rotatable bonds is 6. The SMILES string of the molecule is CNCCC1CCN(CC(=O)Nc2ccc(C)c(F)c2)CC1.Cl. The lowest BCUT2D eigenvalue weighted by Gasteiger charge is -2.31. The fourth-order valence-electron chi connectivity index (χ4n) is 2.86. The van der Waals surface area contributed by atoms with Gasteiger partial charge in [-0.2, -0.15) is 0 Å². The molecule has 1 fully saturated rings. The molecule has 0 unspecified atom stereocenters. The highest BCUT2D eigenvalue weighted by molar-refractivity contribution is 5.92. The molecule has 1 aromatic rings. The van der Waals surface area contributed by atoms with Crippen molar-refractivity contribution in [3.05, 3.63) is 29.6 Å². The maximum Gasteiger partial charge on any atom is 0.238 e. The van der Waals surface area contributed by atoms with Crippen LogP contribution in [0, 0.1) is 18.7 Å². The molecule has 1 saturated heterocycles. The summed E-state index contributed by atoms with van der Waals surface area (Å²) in [7, 11) is 1.98. The van der Waals surface area contributed by atoms with Crippen molar-refractivity contribution >= 4 is 24.0 Å². The summed E-state index contributed by atoms with van der Waals surface area (Å²) in [5.41, 5.74) is 1.11. The molecule has 2 rings (SSSR count). The predicted molar refractivity (Wildman–Crippen MR) is 94.7 cm³/mol. The standard InChI is InChI=1S/C17H26FN3O.ClH/c1-13-3-4-15(11-16(13)18)20-17(22)12-21-9-6-14(7-10-21)5-8-19-2;/h3-4,11,14,19H,5-10,12H2,1-2H3,(H,20,22);1H. The second kappa shape index (κ2) is 9.85. The molecule has 1 aromatic carbocycles. The Labute approximate surface area is 144 Å². The molecule has 0 aromatic heterocycles. The summed E-state index contributed by atoms with van der Waals surface area (Å²) in [6.45, 7) is 5.08. The van der Waals surface area contributed by atoms with Crippen molar-refractivity contribution < 1.29 is 9.18 Å². The number of hydrogen-bond acceptors (Lipinski definition) is 3. The van der Waals surface area contributed by atoms with Gasteiger partial charge in [0.25, 0.3) is 0 Å². The summed E-state index contributed by atoms with van der Waals surface area (Å²) in [4.78, 5) is 14.2. The monoisotopic (exact) mass is 343 g/mol. The second-order valence-corrected chi connectivity index (χ2v) is 6.12. The highest BCUT2D eigenvalue weighted by Gasteiger charge is 2.20. The van der Waals surface area contributed by atoms with E-state index in [9.17, 15) is 9.18 Å². The van der Waals surface area contributed by atoms with Gasteiger partial charge in [-0.3, -0.25) is 9.69 Å². The number of aryl methyl sites for hydroxylation is 1. The molecule has 1 aliphatic heterocycles. The lowest BCUT2D eigenvalue weighted by atomic mass is 9.93. The highest BCUT2D eigenvalue weighted by Crippen LogP contribution is 2.20. The lowest BCUT2D eigenvalue weighted by Crippen LogP contribution is -2.39. The van der Waals surface area contributed by atoms with Gasteiger partial charge < -0.3 is 10.6 Å². The number of nitrogens with one attached hydrogen (secondary N) is 2. The summed E-state index contributed by atoms with van der Waals surface area (Å²) >= 11 is 0. The Morgan fingerprint density at radius 2 is 2.04 bits per heavy atom. The van der Waals surface area contributed by atoms with E-state index in [2.05, 4.69) is 15.5 Å². The minimum Gasteiger partial charge on any atom is -0.325 e. The Bertz CT molecular complexity index is 505. The van der Waals surface area contributed by atoms with Gasteiger partial charge in [-0.25, -0.2) is 4.39 Å². The van der Waals surface area contributed by atoms with E-state index >= 15 is 0 Å². The molecular formula is C17H27ClFN3O. The van der Waals surface area contributed by atoms with Gasteiger partial charge in [0.2, 0.25) is 5.91 Å². The van der Waals surface area contributed by atoms with Crippen molar-refractivity contribution in [2.24, 2.45) is 5.92 Å². The van der Waals surface area contributed by atoms with Gasteiger partial charge in [-0.1, -0.05) is 6.07 Å². The van der Waals surface area contributed by atoms with Gasteiger partial charge >= 0.3 is 0 Å². The van der Waals surface area contributed by atoms with E-state index in [1.807, 2.05) is 7.05 Å². The van der Waals surface area contributed by atoms with Crippen molar-refractivity contribution in [1.82, 2.24) is 10.2 Å². The summed E-state index contributed by atoms with van der Waals surface area (Å²) in [5.74, 6) is 0.401. The van der Waals surface area contributed by atoms with Crippen molar-refractivity contribution in [2.45, 2.75) is 26.2 Å². The number of benzene rings is 1. The Kier molecular flexibility index (Phi) is 8.52. The number of likely N-dealkylation sites (tertiary alicyclic amines) is 1. The smallest absolute Gasteiger partial charge is 0.238 e. The van der Waals surface area contributed by atoms with Crippen LogP contribution in [0.4, 0.5) is 10.1 Å². The van der Waals surface area contributed by atoms with Crippen LogP contribution in [-0.2, 0) is 4.79 Å². The van der Waals surface area contributed by atoms with E-state index in [0.29, 0.717) is 17.8 Å². The molecule has 23 heavy (non-hydrogen) atoms. The average molecular weight is 344 g/mol. The third-order valence-electron chi connectivity index (χ3n) is 4.33. The van der Waals surface area contributed by atoms with Crippen LogP contribution < -0.4 is 10.6 Å². The fourth-order valence-corrected chi connectivity index (χ4v) is 2.86. The number of nitrogens with zero attached hydrogens (tertiary/aromatic N) is 1. The Hall–Kier alpha value is -1.17. The number of anilines is 1. The Morgan fingerprint density at radius 3 is 2.65 bits per heavy atom. The first kappa shape index (κ1) is 19.9. The van der Waals surface area contributed by atoms with E-state index < -0.39 is 0 Å². The first-order valence-electron chi connectivity index (χ1n) is 8.01. The molecule has 0 aliphatic carbocycles. The first-order valence-corrected chi connectivity index (χ1v) is 8.01. The van der Waals surface area contributed by atoms with Crippen LogP contribution in [0.2, 0.25) is 0 Å². The molecular weight excluding hydrogens is 317 g/mol. The van der Waals surface area contributed by atoms with Crippen LogP contribution in [0.5, 0.6) is 0 Å². The third-order valence-corrected chi connectivity index (χ3v) is 4.33. The van der Waals surface area contributed by atoms with E-state index in [1.165, 1.54) is 12.5 Å². The zero-order valence-electron chi connectivity index (χ0n) is 13.9. The van der Waals surface area contributed by atoms with Gasteiger partial charge in [0.1, 0.15) is 5.82 Å². The Balaban J connectivity index is 0.00000264. The summed E-state index contributed by atoms with van der Waals surface area (Å²) in [6.07, 6.45) is 3.50. The minimum atomic E-state index is -0.289. The van der Waals surface area contributed by atoms with Crippen LogP contribution in [-0.4, -0.2) is 44.0 Å². The third kappa shape index (κ3) is 6.45. The van der Waals surface area contributed by atoms with Crippen molar-refractivity contribution in [3.63, 3.8) is 0 Å². The number of halogens is 2. The van der Waals surface area contributed by atoms with Crippen LogP contribution >= 0.6 is 12.4 Å². The molecule has 4 nitrogen and oxygen atoms in total. The number of carbonyl (C=O) groups excluding carboxylic acids is 1. The lowest BCUT2D eigenvalue weighted by molar-refractivity contribution is -0.117. The highest BCUT2D eigenvalue weighted by atomic mass is 35.5. The minimum absolute atomic E-state index is 0. The van der Waals surface area contributed by atoms with Gasteiger partial charge in [-0.15, -0.1) is 12.4 Å². The molecule has 2 N–H and O–H groups in total. The van der Waals surface area contributed by atoms with Crippen molar-refractivity contribution in [3.8, 4) is 0 Å². The van der Waals surface area contributed by atoms with E-state index in [0.717, 1.165) is 38.4 Å². The molecule has 1 aliphatic rings. The first-order chi connectivity index (χ1) is 10.6. The van der Waals surface area contributed by atoms with Crippen LogP contribution in [0.15, 0.2) is 18.2 Å². The number of carbonyl (C=O) groups is 1. The molecule has 1 heterocycles. The van der Waals surface area contributed by atoms with Gasteiger partial charge in [0.15, 0.2) is 0 Å². The van der Waals surface area contributed by atoms with Crippen LogP contribution in [0.3, 0.4) is 0 Å². The molecule has 0 bridgehead atoms. The maximum atomic E-state index is 13.5. The number of amides is 1. The molecule has 6 heteroatoms. The maximum absolute atomic E-state index is 13.5. The van der Waals surface area contributed by atoms with Gasteiger partial charge in [-0.05, 0) is 76.5 Å². The molecule has 0 radical (unpaired) electrons. The zero-order valence-corrected chi connectivity index (χ0v) is 14.7. The summed E-state index contributed by atoms with van der Waals surface area (Å²) in [5, 5.41) is 5.96. The quantitative estimate of drug-likeness (QED) is 0.834. The fraction of sp³-hybridized carbons (Fsp3) is 0.588. The average Bonchev–Trinajstić information content (AvgIpc) is 2.50. The summed E-state index contributed by atoms with van der Waals surface area (Å²) < 4.78 is 13.5. The number of piperidine rings is 1. The second-order valence-electron chi connectivity index (χ2n) is 6.12. The largest absolute Gasteiger partial charge is 0.325 e. The molecule has 0 saturated carbocycles. The predicted octanol–water partition coefficient (Wildman–Crippen LogP) is 2.82. The van der Waals surface area contributed by atoms with Gasteiger partial charge in [0.05, 0.1) is 6.54 Å². The molecule has 0 atom stereocenters. The van der Waals surface area contributed by atoms with Crippen LogP contribution in [0.25, 0.3) is 0 Å². The van der Waals surface area contributed by atoms with Gasteiger partial charge in [0, 0.05) is 5.69 Å². The molecule has 0 spiro atoms. The topological polar surface area (TPSA) is 44.4 Å². The van der Waals surface area contributed by atoms with E-state index in [4.69, 9.17) is 0 Å². The Morgan fingerprint density at radius 1 is 1.35 bits per heavy atom. The molecule has 130 valence electrons. The molecule has 1 amide bonds. The van der Waals surface area contributed by atoms with Crippen molar-refractivity contribution in [1.29, 1.82) is 0 Å². The zero-order chi connectivity index (χ0) is 15.9. The normalized spacial score (nSPS) is 16.0. The summed E-state index contributed by atoms with van der Waals surface area (Å²) in [6, 6.07) is 4.79. The van der Waals surface area contributed by atoms with Crippen molar-refractivity contribution in [2.75, 3.05) is 38.5 Å². The number of hydrogen-bond donors (Lipinski definition) is 2. The van der Waals surface area contributed by atoms with E-state index in [1.54, 1.807) is 19.1 Å².